The molecule has 5 heteroatoms. The lowest BCUT2D eigenvalue weighted by molar-refractivity contribution is -0.146. The lowest BCUT2D eigenvalue weighted by atomic mass is 9.85. The molecule has 0 aromatic carbocycles. The molecule has 1 aromatic heterocycles. The third-order valence-corrected chi connectivity index (χ3v) is 3.95. The number of carboxylic acids is 1. The molecule has 0 radical (unpaired) electrons. The predicted molar refractivity (Wildman–Crippen MR) is 69.1 cm³/mol. The van der Waals surface area contributed by atoms with Crippen LogP contribution in [0.5, 0.6) is 0 Å². The van der Waals surface area contributed by atoms with Crippen LogP contribution in [-0.2, 0) is 4.79 Å². The van der Waals surface area contributed by atoms with E-state index in [0.29, 0.717) is 0 Å². The number of carbonyl (C=O) groups is 1. The van der Waals surface area contributed by atoms with Crippen molar-refractivity contribution in [3.05, 3.63) is 29.8 Å². The van der Waals surface area contributed by atoms with Crippen LogP contribution in [0.15, 0.2) is 18.3 Å². The quantitative estimate of drug-likeness (QED) is 0.888. The Balaban J connectivity index is 1.98. The summed E-state index contributed by atoms with van der Waals surface area (Å²) in [6, 6.07) is 3.28. The molecule has 0 aliphatic carbocycles. The Labute approximate surface area is 112 Å². The molecule has 0 bridgehead atoms. The Morgan fingerprint density at radius 1 is 1.58 bits per heavy atom. The fourth-order valence-electron chi connectivity index (χ4n) is 2.56. The molecular formula is C14H19FN2O2. The fourth-order valence-corrected chi connectivity index (χ4v) is 2.56. The molecule has 2 heterocycles. The van der Waals surface area contributed by atoms with Crippen LogP contribution in [0.1, 0.15) is 32.0 Å². The molecule has 2 atom stereocenters. The van der Waals surface area contributed by atoms with Gasteiger partial charge in [-0.25, -0.2) is 4.39 Å². The summed E-state index contributed by atoms with van der Waals surface area (Å²) in [6.07, 6.45) is 2.11. The van der Waals surface area contributed by atoms with Gasteiger partial charge in [0.2, 0.25) is 0 Å². The van der Waals surface area contributed by atoms with Crippen molar-refractivity contribution in [3.8, 4) is 0 Å². The van der Waals surface area contributed by atoms with Crippen LogP contribution in [0, 0.1) is 17.7 Å². The zero-order valence-corrected chi connectivity index (χ0v) is 11.2. The van der Waals surface area contributed by atoms with E-state index in [1.807, 2.05) is 0 Å². The van der Waals surface area contributed by atoms with Crippen LogP contribution < -0.4 is 0 Å². The number of hydrogen-bond donors (Lipinski definition) is 1. The van der Waals surface area contributed by atoms with E-state index in [1.165, 1.54) is 12.3 Å². The van der Waals surface area contributed by atoms with Crippen molar-refractivity contribution in [2.24, 2.45) is 11.8 Å². The van der Waals surface area contributed by atoms with Gasteiger partial charge >= 0.3 is 5.97 Å². The largest absolute Gasteiger partial charge is 0.481 e. The molecule has 19 heavy (non-hydrogen) atoms. The second-order valence-electron chi connectivity index (χ2n) is 5.17. The van der Waals surface area contributed by atoms with Gasteiger partial charge in [-0.2, -0.15) is 0 Å². The van der Waals surface area contributed by atoms with E-state index < -0.39 is 5.97 Å². The highest BCUT2D eigenvalue weighted by molar-refractivity contribution is 5.70. The highest BCUT2D eigenvalue weighted by Gasteiger charge is 2.38. The number of halogens is 1. The Hall–Kier alpha value is -1.49. The lowest BCUT2D eigenvalue weighted by Crippen LogP contribution is -2.52. The third-order valence-electron chi connectivity index (χ3n) is 3.95. The minimum atomic E-state index is -0.738. The number of pyridine rings is 1. The lowest BCUT2D eigenvalue weighted by Gasteiger charge is -2.45. The minimum Gasteiger partial charge on any atom is -0.481 e. The highest BCUT2D eigenvalue weighted by atomic mass is 19.1. The predicted octanol–water partition coefficient (Wildman–Crippen LogP) is 2.32. The summed E-state index contributed by atoms with van der Waals surface area (Å²) in [5.74, 6) is -1.18. The van der Waals surface area contributed by atoms with Crippen LogP contribution in [0.3, 0.4) is 0 Å². The molecule has 2 rings (SSSR count). The molecule has 2 unspecified atom stereocenters. The van der Waals surface area contributed by atoms with Gasteiger partial charge in [0.05, 0.1) is 23.9 Å². The zero-order chi connectivity index (χ0) is 14.0. The van der Waals surface area contributed by atoms with Gasteiger partial charge in [0, 0.05) is 13.1 Å². The van der Waals surface area contributed by atoms with E-state index in [9.17, 15) is 9.18 Å². The smallest absolute Gasteiger partial charge is 0.306 e. The average Bonchev–Trinajstić information content (AvgIpc) is 2.33. The van der Waals surface area contributed by atoms with Crippen LogP contribution in [0.25, 0.3) is 0 Å². The second kappa shape index (κ2) is 5.65. The van der Waals surface area contributed by atoms with Crippen molar-refractivity contribution in [1.82, 2.24) is 9.88 Å². The fraction of sp³-hybridized carbons (Fsp3) is 0.571. The SMILES string of the molecule is CCC(c1ccc(F)cn1)N1CC(C(C)C(=O)O)C1. The van der Waals surface area contributed by atoms with E-state index in [4.69, 9.17) is 5.11 Å². The molecule has 0 spiro atoms. The summed E-state index contributed by atoms with van der Waals surface area (Å²) in [5, 5.41) is 8.97. The first kappa shape index (κ1) is 13.9. The van der Waals surface area contributed by atoms with Crippen molar-refractivity contribution >= 4 is 5.97 Å². The molecule has 104 valence electrons. The molecule has 1 fully saturated rings. The number of aliphatic carboxylic acids is 1. The van der Waals surface area contributed by atoms with Gasteiger partial charge < -0.3 is 5.11 Å². The van der Waals surface area contributed by atoms with Gasteiger partial charge in [-0.15, -0.1) is 0 Å². The molecule has 1 saturated heterocycles. The molecule has 1 aromatic rings. The Kier molecular flexibility index (Phi) is 4.14. The Morgan fingerprint density at radius 3 is 2.74 bits per heavy atom. The van der Waals surface area contributed by atoms with Crippen molar-refractivity contribution in [2.75, 3.05) is 13.1 Å². The molecular weight excluding hydrogens is 247 g/mol. The maximum Gasteiger partial charge on any atom is 0.306 e. The zero-order valence-electron chi connectivity index (χ0n) is 11.2. The van der Waals surface area contributed by atoms with Crippen molar-refractivity contribution in [2.45, 2.75) is 26.3 Å². The second-order valence-corrected chi connectivity index (χ2v) is 5.17. The van der Waals surface area contributed by atoms with Crippen molar-refractivity contribution < 1.29 is 14.3 Å². The number of hydrogen-bond acceptors (Lipinski definition) is 3. The summed E-state index contributed by atoms with van der Waals surface area (Å²) in [7, 11) is 0. The van der Waals surface area contributed by atoms with Crippen molar-refractivity contribution in [1.29, 1.82) is 0 Å². The molecule has 0 amide bonds. The van der Waals surface area contributed by atoms with Crippen LogP contribution in [0.4, 0.5) is 4.39 Å². The van der Waals surface area contributed by atoms with E-state index in [1.54, 1.807) is 13.0 Å². The summed E-state index contributed by atoms with van der Waals surface area (Å²) in [6.45, 7) is 5.35. The Morgan fingerprint density at radius 2 is 2.26 bits per heavy atom. The van der Waals surface area contributed by atoms with Gasteiger partial charge in [0.25, 0.3) is 0 Å². The van der Waals surface area contributed by atoms with Crippen molar-refractivity contribution in [3.63, 3.8) is 0 Å². The maximum absolute atomic E-state index is 12.9. The van der Waals surface area contributed by atoms with Crippen LogP contribution in [0.2, 0.25) is 0 Å². The van der Waals surface area contributed by atoms with Crippen LogP contribution in [-0.4, -0.2) is 34.0 Å². The van der Waals surface area contributed by atoms with E-state index in [2.05, 4.69) is 16.8 Å². The number of likely N-dealkylation sites (tertiary alicyclic amines) is 1. The first-order chi connectivity index (χ1) is 9.02. The Bertz CT molecular complexity index is 443. The summed E-state index contributed by atoms with van der Waals surface area (Å²) >= 11 is 0. The van der Waals surface area contributed by atoms with Gasteiger partial charge in [-0.1, -0.05) is 13.8 Å². The van der Waals surface area contributed by atoms with Crippen LogP contribution >= 0.6 is 0 Å². The van der Waals surface area contributed by atoms with Gasteiger partial charge in [-0.3, -0.25) is 14.7 Å². The van der Waals surface area contributed by atoms with Gasteiger partial charge in [-0.05, 0) is 24.5 Å². The summed E-state index contributed by atoms with van der Waals surface area (Å²) < 4.78 is 12.9. The van der Waals surface area contributed by atoms with Gasteiger partial charge in [0.15, 0.2) is 0 Å². The third kappa shape index (κ3) is 2.92. The number of aromatic nitrogens is 1. The average molecular weight is 266 g/mol. The molecule has 1 aliphatic rings. The van der Waals surface area contributed by atoms with Gasteiger partial charge in [0.1, 0.15) is 5.82 Å². The highest BCUT2D eigenvalue weighted by Crippen LogP contribution is 2.33. The standard InChI is InChI=1S/C14H19FN2O2/c1-3-13(12-5-4-11(15)6-16-12)17-7-10(8-17)9(2)14(18)19/h4-6,9-10,13H,3,7-8H2,1-2H3,(H,18,19). The number of carboxylic acid groups (broad SMARTS) is 1. The number of nitrogens with zero attached hydrogens (tertiary/aromatic N) is 2. The molecule has 1 N–H and O–H groups in total. The molecule has 0 saturated carbocycles. The molecule has 4 nitrogen and oxygen atoms in total. The summed E-state index contributed by atoms with van der Waals surface area (Å²) in [4.78, 5) is 17.3. The summed E-state index contributed by atoms with van der Waals surface area (Å²) in [5.41, 5.74) is 0.852. The maximum atomic E-state index is 12.9. The first-order valence-corrected chi connectivity index (χ1v) is 6.61. The minimum absolute atomic E-state index is 0.151. The molecule has 1 aliphatic heterocycles. The van der Waals surface area contributed by atoms with E-state index in [0.717, 1.165) is 25.2 Å². The normalized spacial score (nSPS) is 19.7. The number of rotatable bonds is 5. The monoisotopic (exact) mass is 266 g/mol. The van der Waals surface area contributed by atoms with E-state index in [-0.39, 0.29) is 23.7 Å². The first-order valence-electron chi connectivity index (χ1n) is 6.61. The topological polar surface area (TPSA) is 53.4 Å². The van der Waals surface area contributed by atoms with E-state index >= 15 is 0 Å².